The van der Waals surface area contributed by atoms with Crippen LogP contribution >= 0.6 is 34.9 Å². The number of β-lactam (4-membered cyclic amide) rings is 1. The Balaban J connectivity index is 1.49. The van der Waals surface area contributed by atoms with Gasteiger partial charge in [-0.2, -0.15) is 0 Å². The van der Waals surface area contributed by atoms with Gasteiger partial charge in [0.15, 0.2) is 4.34 Å². The summed E-state index contributed by atoms with van der Waals surface area (Å²) in [4.78, 5) is 49.4. The number of aromatic nitrogens is 3. The maximum absolute atomic E-state index is 12.9. The molecule has 2 aromatic heterocycles. The molecule has 2 atom stereocenters. The molecule has 0 bridgehead atoms. The number of aliphatic carboxylic acids is 1. The molecule has 16 heteroatoms. The SMILES string of the molecule is CO/N=C(\C(=O)N[C@@H]1C(=O)N2C(C(=O)O)=C(CSc3nnc(C)s3)CS[C@H]12)c1c[se]c(N)n1. The number of carboxylic acid groups (broad SMARTS) is 1. The molecule has 12 nitrogen and oxygen atoms in total. The summed E-state index contributed by atoms with van der Waals surface area (Å²) in [6.07, 6.45) is 0. The average molecular weight is 575 g/mol. The van der Waals surface area contributed by atoms with Crippen LogP contribution in [0.4, 0.5) is 4.69 Å². The summed E-state index contributed by atoms with van der Waals surface area (Å²) in [5, 5.41) is 24.4. The zero-order valence-corrected chi connectivity index (χ0v) is 21.3. The van der Waals surface area contributed by atoms with Crippen molar-refractivity contribution in [2.24, 2.45) is 5.16 Å². The molecule has 0 spiro atoms. The van der Waals surface area contributed by atoms with Crippen molar-refractivity contribution in [1.29, 1.82) is 0 Å². The van der Waals surface area contributed by atoms with E-state index in [1.165, 1.54) is 46.9 Å². The van der Waals surface area contributed by atoms with Gasteiger partial charge in [0, 0.05) is 0 Å². The van der Waals surface area contributed by atoms with Gasteiger partial charge in [-0.3, -0.25) is 0 Å². The number of fused-ring (bicyclic) bond motifs is 1. The van der Waals surface area contributed by atoms with Crippen LogP contribution in [-0.2, 0) is 19.2 Å². The number of nitrogens with one attached hydrogen (secondary N) is 1. The number of carbonyl (C=O) groups is 3. The Morgan fingerprint density at radius 1 is 1.48 bits per heavy atom. The van der Waals surface area contributed by atoms with Crippen LogP contribution in [0.3, 0.4) is 0 Å². The molecule has 1 saturated heterocycles. The maximum atomic E-state index is 12.9. The van der Waals surface area contributed by atoms with Crippen molar-refractivity contribution < 1.29 is 24.3 Å². The number of hydrogen-bond acceptors (Lipinski definition) is 12. The Kier molecular flexibility index (Phi) is 7.09. The molecule has 0 aromatic carbocycles. The molecular weight excluding hydrogens is 557 g/mol. The summed E-state index contributed by atoms with van der Waals surface area (Å²) in [7, 11) is 1.29. The quantitative estimate of drug-likeness (QED) is 0.125. The van der Waals surface area contributed by atoms with Crippen LogP contribution in [-0.4, -0.2) is 93.2 Å². The van der Waals surface area contributed by atoms with Crippen molar-refractivity contribution >= 4 is 77.6 Å². The van der Waals surface area contributed by atoms with E-state index < -0.39 is 29.2 Å². The van der Waals surface area contributed by atoms with E-state index in [9.17, 15) is 19.5 Å². The molecule has 2 aliphatic rings. The summed E-state index contributed by atoms with van der Waals surface area (Å²) in [5.41, 5.74) is 6.45. The van der Waals surface area contributed by atoms with Gasteiger partial charge in [0.25, 0.3) is 0 Å². The van der Waals surface area contributed by atoms with Gasteiger partial charge in [-0.25, -0.2) is 0 Å². The summed E-state index contributed by atoms with van der Waals surface area (Å²) in [5.74, 6) is -1.56. The second-order valence-electron chi connectivity index (χ2n) is 6.69. The van der Waals surface area contributed by atoms with Crippen LogP contribution in [0.25, 0.3) is 0 Å². The average Bonchev–Trinajstić information content (AvgIpc) is 3.40. The van der Waals surface area contributed by atoms with Crippen molar-refractivity contribution in [2.45, 2.75) is 22.7 Å². The number of rotatable bonds is 8. The number of nitrogens with zero attached hydrogens (tertiary/aromatic N) is 5. The first-order valence-electron chi connectivity index (χ1n) is 9.26. The van der Waals surface area contributed by atoms with Crippen molar-refractivity contribution in [2.75, 3.05) is 24.3 Å². The van der Waals surface area contributed by atoms with E-state index in [1.54, 1.807) is 4.94 Å². The number of aryl methyl sites for hydroxylation is 1. The molecule has 0 radical (unpaired) electrons. The predicted molar refractivity (Wildman–Crippen MR) is 124 cm³/mol. The van der Waals surface area contributed by atoms with Crippen LogP contribution in [0, 0.1) is 6.92 Å². The van der Waals surface area contributed by atoms with E-state index >= 15 is 0 Å². The van der Waals surface area contributed by atoms with Crippen LogP contribution in [0.1, 0.15) is 10.7 Å². The molecule has 0 saturated carbocycles. The third-order valence-corrected chi connectivity index (χ3v) is 9.39. The number of oxime groups is 1. The molecule has 33 heavy (non-hydrogen) atoms. The molecule has 4 rings (SSSR count). The van der Waals surface area contributed by atoms with Crippen LogP contribution in [0.2, 0.25) is 0 Å². The second kappa shape index (κ2) is 9.85. The minimum atomic E-state index is -1.19. The Bertz CT molecular complexity index is 1180. The van der Waals surface area contributed by atoms with E-state index in [2.05, 4.69) is 25.7 Å². The second-order valence-corrected chi connectivity index (χ2v) is 12.1. The Morgan fingerprint density at radius 2 is 2.27 bits per heavy atom. The first kappa shape index (κ1) is 23.8. The topological polar surface area (TPSA) is 173 Å². The third-order valence-electron chi connectivity index (χ3n) is 4.58. The van der Waals surface area contributed by atoms with E-state index in [0.717, 1.165) is 9.35 Å². The number of anilines is 1. The van der Waals surface area contributed by atoms with Gasteiger partial charge in [-0.15, -0.1) is 10.2 Å². The zero-order valence-electron chi connectivity index (χ0n) is 17.2. The fraction of sp³-hybridized carbons (Fsp3) is 0.353. The molecule has 2 aliphatic heterocycles. The molecular formula is C17H17N7O5S3Se. The molecule has 2 amide bonds. The minimum absolute atomic E-state index is 0.0488. The molecule has 0 aliphatic carbocycles. The number of nitrogen functional groups attached to an aromatic ring is 1. The Labute approximate surface area is 205 Å². The summed E-state index contributed by atoms with van der Waals surface area (Å²) >= 11 is 4.00. The van der Waals surface area contributed by atoms with E-state index in [1.807, 2.05) is 6.92 Å². The number of amides is 2. The fourth-order valence-corrected chi connectivity index (χ4v) is 7.63. The Morgan fingerprint density at radius 3 is 2.88 bits per heavy atom. The van der Waals surface area contributed by atoms with Gasteiger partial charge in [-0.05, 0) is 6.92 Å². The van der Waals surface area contributed by atoms with Crippen molar-refractivity contribution in [3.63, 3.8) is 0 Å². The Hall–Kier alpha value is -2.39. The molecule has 174 valence electrons. The van der Waals surface area contributed by atoms with E-state index in [0.29, 0.717) is 21.8 Å². The fourth-order valence-electron chi connectivity index (χ4n) is 3.18. The van der Waals surface area contributed by atoms with E-state index in [4.69, 9.17) is 10.6 Å². The van der Waals surface area contributed by atoms with Gasteiger partial charge in [0.2, 0.25) is 0 Å². The van der Waals surface area contributed by atoms with Crippen LogP contribution in [0.15, 0.2) is 25.7 Å². The normalized spacial score (nSPS) is 20.4. The molecule has 0 unspecified atom stereocenters. The van der Waals surface area contributed by atoms with Crippen molar-refractivity contribution in [1.82, 2.24) is 25.4 Å². The van der Waals surface area contributed by atoms with Crippen LogP contribution in [0.5, 0.6) is 0 Å². The number of nitrogens with two attached hydrogens (primary N) is 1. The third kappa shape index (κ3) is 4.79. The number of carboxylic acids is 1. The van der Waals surface area contributed by atoms with E-state index in [-0.39, 0.29) is 31.6 Å². The van der Waals surface area contributed by atoms with Crippen molar-refractivity contribution in [3.05, 3.63) is 26.9 Å². The number of carbonyl (C=O) groups excluding carboxylic acids is 2. The number of hydrogen-bond donors (Lipinski definition) is 3. The monoisotopic (exact) mass is 575 g/mol. The number of thioether (sulfide) groups is 2. The molecule has 1 fully saturated rings. The van der Waals surface area contributed by atoms with Gasteiger partial charge >= 0.3 is 169 Å². The first-order chi connectivity index (χ1) is 15.8. The van der Waals surface area contributed by atoms with Gasteiger partial charge in [-0.1, -0.05) is 11.3 Å². The van der Waals surface area contributed by atoms with Crippen LogP contribution < -0.4 is 11.1 Å². The standard InChI is InChI=1S/C17H17N7O5S3Se/c1-6-21-22-17(32-6)31-4-7-3-30-14-10(13(26)24(14)11(7)15(27)28)20-12(25)9(23-29-2)8-5-33-16(18)19-8/h5,10,14H,3-4H2,1-2H3,(H2,18,19)(H,20,25)(H,27,28)/b23-9-/t10-,14-/m1/s1. The first-order valence-corrected chi connectivity index (χ1v) is 14.0. The molecule has 2 aromatic rings. The zero-order chi connectivity index (χ0) is 23.7. The van der Waals surface area contributed by atoms with Gasteiger partial charge < -0.3 is 0 Å². The summed E-state index contributed by atoms with van der Waals surface area (Å²) in [6.45, 7) is 1.84. The van der Waals surface area contributed by atoms with Gasteiger partial charge in [0.05, 0.1) is 0 Å². The summed E-state index contributed by atoms with van der Waals surface area (Å²) < 4.78 is 1.13. The molecule has 4 heterocycles. The van der Waals surface area contributed by atoms with Crippen molar-refractivity contribution in [3.8, 4) is 0 Å². The summed E-state index contributed by atoms with van der Waals surface area (Å²) in [6, 6.07) is -0.896. The van der Waals surface area contributed by atoms with Gasteiger partial charge in [0.1, 0.15) is 5.01 Å². The predicted octanol–water partition coefficient (Wildman–Crippen LogP) is -0.238. The molecule has 4 N–H and O–H groups in total.